The summed E-state index contributed by atoms with van der Waals surface area (Å²) in [6, 6.07) is 15.4. The van der Waals surface area contributed by atoms with Gasteiger partial charge in [0.05, 0.1) is 16.8 Å². The van der Waals surface area contributed by atoms with Crippen molar-refractivity contribution in [3.63, 3.8) is 0 Å². The number of barbiturate groups is 1. The van der Waals surface area contributed by atoms with Crippen molar-refractivity contribution >= 4 is 57.1 Å². The Morgan fingerprint density at radius 3 is 2.51 bits per heavy atom. The highest BCUT2D eigenvalue weighted by molar-refractivity contribution is 9.10. The van der Waals surface area contributed by atoms with Crippen LogP contribution >= 0.6 is 27.5 Å². The highest BCUT2D eigenvalue weighted by atomic mass is 79.9. The van der Waals surface area contributed by atoms with E-state index in [0.29, 0.717) is 38.9 Å². The van der Waals surface area contributed by atoms with Crippen molar-refractivity contribution in [1.29, 1.82) is 0 Å². The van der Waals surface area contributed by atoms with Crippen LogP contribution in [0, 0.1) is 13.8 Å². The molecule has 190 valence electrons. The Kier molecular flexibility index (Phi) is 8.00. The first-order valence-corrected chi connectivity index (χ1v) is 12.7. The Morgan fingerprint density at radius 1 is 1.03 bits per heavy atom. The second-order valence-electron chi connectivity index (χ2n) is 8.39. The molecule has 1 saturated heterocycles. The molecule has 3 aromatic carbocycles. The predicted molar refractivity (Wildman–Crippen MR) is 146 cm³/mol. The van der Waals surface area contributed by atoms with Crippen LogP contribution in [0.15, 0.2) is 64.6 Å². The van der Waals surface area contributed by atoms with Gasteiger partial charge in [-0.25, -0.2) is 9.69 Å². The summed E-state index contributed by atoms with van der Waals surface area (Å²) in [5, 5.41) is 2.85. The molecule has 0 spiro atoms. The smallest absolute Gasteiger partial charge is 0.335 e. The number of rotatable bonds is 7. The first kappa shape index (κ1) is 26.4. The summed E-state index contributed by atoms with van der Waals surface area (Å²) in [4.78, 5) is 39.6. The first-order valence-electron chi connectivity index (χ1n) is 11.5. The van der Waals surface area contributed by atoms with Crippen LogP contribution in [0.5, 0.6) is 11.5 Å². The van der Waals surface area contributed by atoms with E-state index in [1.807, 2.05) is 44.2 Å². The summed E-state index contributed by atoms with van der Waals surface area (Å²) in [6.07, 6.45) is 1.42. The molecule has 0 aliphatic carbocycles. The van der Waals surface area contributed by atoms with Crippen molar-refractivity contribution in [1.82, 2.24) is 5.32 Å². The molecule has 9 heteroatoms. The third kappa shape index (κ3) is 5.70. The van der Waals surface area contributed by atoms with Crippen LogP contribution in [0.25, 0.3) is 6.08 Å². The summed E-state index contributed by atoms with van der Waals surface area (Å²) in [5.74, 6) is -0.613. The van der Waals surface area contributed by atoms with E-state index in [0.717, 1.165) is 21.6 Å². The van der Waals surface area contributed by atoms with E-state index in [1.54, 1.807) is 31.2 Å². The molecule has 0 radical (unpaired) electrons. The van der Waals surface area contributed by atoms with E-state index in [4.69, 9.17) is 21.1 Å². The topological polar surface area (TPSA) is 84.9 Å². The molecule has 1 heterocycles. The SMILES string of the molecule is CCOc1cc(/C=C2\C(=O)NC(=O)N(c3cc(C)ccc3C)C2=O)cc(Br)c1OCc1ccccc1Cl. The summed E-state index contributed by atoms with van der Waals surface area (Å²) in [7, 11) is 0. The molecule has 0 saturated carbocycles. The molecule has 0 atom stereocenters. The van der Waals surface area contributed by atoms with Crippen LogP contribution < -0.4 is 19.7 Å². The minimum atomic E-state index is -0.791. The normalized spacial score (nSPS) is 14.7. The summed E-state index contributed by atoms with van der Waals surface area (Å²) in [6.45, 7) is 6.07. The maximum Gasteiger partial charge on any atom is 0.335 e. The number of hydrogen-bond acceptors (Lipinski definition) is 5. The van der Waals surface area contributed by atoms with Gasteiger partial charge in [-0.05, 0) is 83.7 Å². The number of imide groups is 2. The van der Waals surface area contributed by atoms with Gasteiger partial charge < -0.3 is 9.47 Å². The van der Waals surface area contributed by atoms with Crippen LogP contribution in [0.1, 0.15) is 29.2 Å². The highest BCUT2D eigenvalue weighted by Gasteiger charge is 2.37. The number of nitrogens with one attached hydrogen (secondary N) is 1. The number of hydrogen-bond donors (Lipinski definition) is 1. The molecule has 1 fully saturated rings. The van der Waals surface area contributed by atoms with Gasteiger partial charge in [0.25, 0.3) is 11.8 Å². The lowest BCUT2D eigenvalue weighted by Crippen LogP contribution is -2.54. The van der Waals surface area contributed by atoms with Gasteiger partial charge in [-0.3, -0.25) is 14.9 Å². The molecule has 1 aliphatic heterocycles. The first-order chi connectivity index (χ1) is 17.7. The van der Waals surface area contributed by atoms with Crippen molar-refractivity contribution in [3.8, 4) is 11.5 Å². The zero-order valence-corrected chi connectivity index (χ0v) is 22.8. The molecule has 0 aromatic heterocycles. The second kappa shape index (κ2) is 11.2. The standard InChI is InChI=1S/C28H24BrClN2O5/c1-4-36-24-14-18(13-21(29)25(24)37-15-19-7-5-6-8-22(19)30)12-20-26(33)31-28(35)32(27(20)34)23-11-16(2)9-10-17(23)3/h5-14H,4,15H2,1-3H3,(H,31,33,35)/b20-12+. The number of nitrogens with zero attached hydrogens (tertiary/aromatic N) is 1. The van der Waals surface area contributed by atoms with Crippen molar-refractivity contribution in [2.45, 2.75) is 27.4 Å². The van der Waals surface area contributed by atoms with Crippen molar-refractivity contribution in [2.24, 2.45) is 0 Å². The largest absolute Gasteiger partial charge is 0.490 e. The Labute approximate surface area is 228 Å². The van der Waals surface area contributed by atoms with Gasteiger partial charge in [-0.1, -0.05) is 41.9 Å². The minimum Gasteiger partial charge on any atom is -0.490 e. The monoisotopic (exact) mass is 582 g/mol. The molecule has 1 aliphatic rings. The van der Waals surface area contributed by atoms with E-state index in [9.17, 15) is 14.4 Å². The van der Waals surface area contributed by atoms with Gasteiger partial charge in [-0.2, -0.15) is 0 Å². The highest BCUT2D eigenvalue weighted by Crippen LogP contribution is 2.38. The van der Waals surface area contributed by atoms with Gasteiger partial charge >= 0.3 is 6.03 Å². The molecular formula is C28H24BrClN2O5. The average molecular weight is 584 g/mol. The van der Waals surface area contributed by atoms with Gasteiger partial charge in [0.2, 0.25) is 0 Å². The fourth-order valence-corrected chi connectivity index (χ4v) is 4.61. The zero-order valence-electron chi connectivity index (χ0n) is 20.4. The fourth-order valence-electron chi connectivity index (χ4n) is 3.84. The zero-order chi connectivity index (χ0) is 26.7. The lowest BCUT2D eigenvalue weighted by atomic mass is 10.0. The van der Waals surface area contributed by atoms with Crippen LogP contribution in [-0.2, 0) is 16.2 Å². The van der Waals surface area contributed by atoms with E-state index in [2.05, 4.69) is 21.2 Å². The quantitative estimate of drug-likeness (QED) is 0.258. The molecule has 4 amide bonds. The minimum absolute atomic E-state index is 0.181. The van der Waals surface area contributed by atoms with Gasteiger partial charge in [0.15, 0.2) is 11.5 Å². The number of urea groups is 1. The maximum absolute atomic E-state index is 13.4. The molecule has 7 nitrogen and oxygen atoms in total. The summed E-state index contributed by atoms with van der Waals surface area (Å²) >= 11 is 9.76. The Morgan fingerprint density at radius 2 is 1.78 bits per heavy atom. The number of carbonyl (C=O) groups excluding carboxylic acids is 3. The van der Waals surface area contributed by atoms with Crippen molar-refractivity contribution < 1.29 is 23.9 Å². The number of ether oxygens (including phenoxy) is 2. The molecule has 4 rings (SSSR count). The summed E-state index contributed by atoms with van der Waals surface area (Å²) in [5.41, 5.74) is 3.16. The number of aryl methyl sites for hydroxylation is 2. The molecule has 0 unspecified atom stereocenters. The molecule has 3 aromatic rings. The van der Waals surface area contributed by atoms with Crippen LogP contribution in [-0.4, -0.2) is 24.5 Å². The van der Waals surface area contributed by atoms with Crippen LogP contribution in [0.2, 0.25) is 5.02 Å². The molecular weight excluding hydrogens is 560 g/mol. The van der Waals surface area contributed by atoms with Gasteiger partial charge in [0, 0.05) is 10.6 Å². The van der Waals surface area contributed by atoms with Crippen molar-refractivity contribution in [3.05, 3.63) is 91.9 Å². The number of carbonyl (C=O) groups is 3. The second-order valence-corrected chi connectivity index (χ2v) is 9.65. The van der Waals surface area contributed by atoms with E-state index >= 15 is 0 Å². The molecule has 37 heavy (non-hydrogen) atoms. The average Bonchev–Trinajstić information content (AvgIpc) is 2.84. The number of benzene rings is 3. The van der Waals surface area contributed by atoms with Gasteiger partial charge in [0.1, 0.15) is 12.2 Å². The third-order valence-electron chi connectivity index (χ3n) is 5.68. The number of halogens is 2. The lowest BCUT2D eigenvalue weighted by Gasteiger charge is -2.28. The Bertz CT molecular complexity index is 1440. The van der Waals surface area contributed by atoms with Gasteiger partial charge in [-0.15, -0.1) is 0 Å². The van der Waals surface area contributed by atoms with E-state index in [1.165, 1.54) is 6.08 Å². The third-order valence-corrected chi connectivity index (χ3v) is 6.64. The fraction of sp³-hybridized carbons (Fsp3) is 0.179. The Hall–Kier alpha value is -3.62. The molecule has 1 N–H and O–H groups in total. The number of amides is 4. The van der Waals surface area contributed by atoms with E-state index < -0.39 is 17.8 Å². The number of anilines is 1. The maximum atomic E-state index is 13.4. The molecule has 0 bridgehead atoms. The van der Waals surface area contributed by atoms with Crippen LogP contribution in [0.4, 0.5) is 10.5 Å². The van der Waals surface area contributed by atoms with Crippen molar-refractivity contribution in [2.75, 3.05) is 11.5 Å². The summed E-state index contributed by atoms with van der Waals surface area (Å²) < 4.78 is 12.4. The lowest BCUT2D eigenvalue weighted by molar-refractivity contribution is -0.122. The van der Waals surface area contributed by atoms with Crippen LogP contribution in [0.3, 0.4) is 0 Å². The van der Waals surface area contributed by atoms with E-state index in [-0.39, 0.29) is 12.2 Å². The predicted octanol–water partition coefficient (Wildman–Crippen LogP) is 6.36. The Balaban J connectivity index is 1.69.